The van der Waals surface area contributed by atoms with Crippen molar-refractivity contribution in [2.75, 3.05) is 0 Å². The molecule has 0 saturated carbocycles. The molecule has 0 unspecified atom stereocenters. The highest BCUT2D eigenvalue weighted by molar-refractivity contribution is 5.11. The van der Waals surface area contributed by atoms with Gasteiger partial charge in [0.05, 0.1) is 0 Å². The predicted octanol–water partition coefficient (Wildman–Crippen LogP) is 3.31. The van der Waals surface area contributed by atoms with Crippen molar-refractivity contribution < 1.29 is 0 Å². The van der Waals surface area contributed by atoms with Crippen LogP contribution in [0.25, 0.3) is 0 Å². The summed E-state index contributed by atoms with van der Waals surface area (Å²) in [5, 5.41) is 0. The summed E-state index contributed by atoms with van der Waals surface area (Å²) < 4.78 is 0. The van der Waals surface area contributed by atoms with Crippen LogP contribution >= 0.6 is 0 Å². The minimum atomic E-state index is 0.0955. The molecule has 0 saturated heterocycles. The molecule has 14 heavy (non-hydrogen) atoms. The molecule has 2 rings (SSSR count). The maximum absolute atomic E-state index is 6.29. The number of allylic oxidation sites excluding steroid dienone is 2. The minimum absolute atomic E-state index is 0.0955. The molecule has 0 amide bonds. The van der Waals surface area contributed by atoms with Crippen molar-refractivity contribution in [3.63, 3.8) is 0 Å². The molecular weight excluding hydrogens is 170 g/mol. The Bertz CT molecular complexity index is 242. The maximum atomic E-state index is 6.29. The van der Waals surface area contributed by atoms with E-state index < -0.39 is 0 Å². The smallest absolute Gasteiger partial charge is 0.0227 e. The fourth-order valence-electron chi connectivity index (χ4n) is 2.46. The molecule has 0 aromatic rings. The van der Waals surface area contributed by atoms with E-state index in [-0.39, 0.29) is 5.54 Å². The summed E-state index contributed by atoms with van der Waals surface area (Å²) in [6.07, 6.45) is 16.9. The summed E-state index contributed by atoms with van der Waals surface area (Å²) in [5.74, 6) is 0. The van der Waals surface area contributed by atoms with E-state index >= 15 is 0 Å². The van der Waals surface area contributed by atoms with Crippen molar-refractivity contribution in [1.29, 1.82) is 0 Å². The van der Waals surface area contributed by atoms with Crippen LogP contribution in [0, 0.1) is 0 Å². The third kappa shape index (κ3) is 2.48. The van der Waals surface area contributed by atoms with Gasteiger partial charge in [-0.3, -0.25) is 0 Å². The lowest BCUT2D eigenvalue weighted by Crippen LogP contribution is -2.36. The highest BCUT2D eigenvalue weighted by Crippen LogP contribution is 2.29. The van der Waals surface area contributed by atoms with Gasteiger partial charge < -0.3 is 5.73 Å². The second-order valence-corrected chi connectivity index (χ2v) is 4.85. The summed E-state index contributed by atoms with van der Waals surface area (Å²) in [6.45, 7) is 0. The first-order valence-electron chi connectivity index (χ1n) is 5.90. The van der Waals surface area contributed by atoms with E-state index in [0.717, 1.165) is 12.8 Å². The molecule has 0 aromatic heterocycles. The summed E-state index contributed by atoms with van der Waals surface area (Å²) in [4.78, 5) is 0. The van der Waals surface area contributed by atoms with Crippen molar-refractivity contribution in [2.24, 2.45) is 5.73 Å². The van der Waals surface area contributed by atoms with Gasteiger partial charge in [-0.15, -0.1) is 0 Å². The lowest BCUT2D eigenvalue weighted by Gasteiger charge is -2.24. The van der Waals surface area contributed by atoms with E-state index in [1.165, 1.54) is 38.5 Å². The Balaban J connectivity index is 1.78. The zero-order chi connectivity index (χ0) is 9.86. The lowest BCUT2D eigenvalue weighted by molar-refractivity contribution is 0.415. The van der Waals surface area contributed by atoms with E-state index in [0.29, 0.717) is 0 Å². The molecule has 0 aliphatic heterocycles. The van der Waals surface area contributed by atoms with E-state index in [1.54, 1.807) is 5.57 Å². The number of rotatable bonds is 3. The van der Waals surface area contributed by atoms with Gasteiger partial charge >= 0.3 is 0 Å². The Morgan fingerprint density at radius 2 is 2.00 bits per heavy atom. The van der Waals surface area contributed by atoms with Gasteiger partial charge in [-0.2, -0.15) is 0 Å². The molecule has 1 nitrogen and oxygen atoms in total. The number of nitrogens with two attached hydrogens (primary N) is 1. The third-order valence-corrected chi connectivity index (χ3v) is 3.54. The largest absolute Gasteiger partial charge is 0.325 e. The standard InChI is InChI=1S/C13H21N/c14-13(9-4-5-10-13)11-8-12-6-2-1-3-7-12/h4-6H,1-3,7-11,14H2. The average Bonchev–Trinajstić information content (AvgIpc) is 2.65. The molecule has 2 aliphatic rings. The molecule has 0 aromatic carbocycles. The van der Waals surface area contributed by atoms with Crippen LogP contribution in [-0.2, 0) is 0 Å². The fraction of sp³-hybridized carbons (Fsp3) is 0.692. The molecular formula is C13H21N. The van der Waals surface area contributed by atoms with E-state index in [1.807, 2.05) is 0 Å². The van der Waals surface area contributed by atoms with Gasteiger partial charge in [0, 0.05) is 5.54 Å². The number of hydrogen-bond donors (Lipinski definition) is 1. The van der Waals surface area contributed by atoms with Crippen LogP contribution in [0.15, 0.2) is 23.8 Å². The van der Waals surface area contributed by atoms with Gasteiger partial charge in [0.1, 0.15) is 0 Å². The van der Waals surface area contributed by atoms with Crippen molar-refractivity contribution >= 4 is 0 Å². The van der Waals surface area contributed by atoms with Crippen molar-refractivity contribution in [3.8, 4) is 0 Å². The maximum Gasteiger partial charge on any atom is 0.0227 e. The minimum Gasteiger partial charge on any atom is -0.325 e. The first-order valence-corrected chi connectivity index (χ1v) is 5.90. The second-order valence-electron chi connectivity index (χ2n) is 4.85. The van der Waals surface area contributed by atoms with Gasteiger partial charge in [0.15, 0.2) is 0 Å². The van der Waals surface area contributed by atoms with Crippen LogP contribution in [0.3, 0.4) is 0 Å². The molecule has 0 spiro atoms. The Morgan fingerprint density at radius 1 is 1.21 bits per heavy atom. The third-order valence-electron chi connectivity index (χ3n) is 3.54. The summed E-state index contributed by atoms with van der Waals surface area (Å²) in [6, 6.07) is 0. The Morgan fingerprint density at radius 3 is 2.64 bits per heavy atom. The first kappa shape index (κ1) is 9.97. The van der Waals surface area contributed by atoms with Gasteiger partial charge in [0.2, 0.25) is 0 Å². The van der Waals surface area contributed by atoms with Crippen molar-refractivity contribution in [1.82, 2.24) is 0 Å². The molecule has 0 radical (unpaired) electrons. The van der Waals surface area contributed by atoms with Crippen LogP contribution in [0.2, 0.25) is 0 Å². The molecule has 2 N–H and O–H groups in total. The zero-order valence-electron chi connectivity index (χ0n) is 8.97. The second kappa shape index (κ2) is 4.31. The Kier molecular flexibility index (Phi) is 3.07. The van der Waals surface area contributed by atoms with E-state index in [9.17, 15) is 0 Å². The molecule has 0 atom stereocenters. The normalized spacial score (nSPS) is 25.1. The topological polar surface area (TPSA) is 26.0 Å². The predicted molar refractivity (Wildman–Crippen MR) is 61.1 cm³/mol. The Labute approximate surface area is 87.1 Å². The zero-order valence-corrected chi connectivity index (χ0v) is 8.97. The van der Waals surface area contributed by atoms with Crippen LogP contribution in [0.4, 0.5) is 0 Å². The lowest BCUT2D eigenvalue weighted by atomic mass is 9.87. The SMILES string of the molecule is NC1(CCC2=CCCCC2)CC=CC1. The van der Waals surface area contributed by atoms with Gasteiger partial charge in [-0.05, 0) is 51.4 Å². The van der Waals surface area contributed by atoms with Crippen LogP contribution in [0.1, 0.15) is 51.4 Å². The van der Waals surface area contributed by atoms with Gasteiger partial charge in [-0.25, -0.2) is 0 Å². The molecule has 0 bridgehead atoms. The molecule has 78 valence electrons. The highest BCUT2D eigenvalue weighted by atomic mass is 14.7. The number of hydrogen-bond acceptors (Lipinski definition) is 1. The summed E-state index contributed by atoms with van der Waals surface area (Å²) in [5.41, 5.74) is 8.04. The molecule has 0 fully saturated rings. The van der Waals surface area contributed by atoms with Crippen LogP contribution in [0.5, 0.6) is 0 Å². The molecule has 1 heteroatoms. The summed E-state index contributed by atoms with van der Waals surface area (Å²) in [7, 11) is 0. The summed E-state index contributed by atoms with van der Waals surface area (Å²) >= 11 is 0. The molecule has 2 aliphatic carbocycles. The Hall–Kier alpha value is -0.560. The van der Waals surface area contributed by atoms with Gasteiger partial charge in [-0.1, -0.05) is 23.8 Å². The van der Waals surface area contributed by atoms with Crippen molar-refractivity contribution in [2.45, 2.75) is 56.9 Å². The van der Waals surface area contributed by atoms with Gasteiger partial charge in [0.25, 0.3) is 0 Å². The van der Waals surface area contributed by atoms with E-state index in [2.05, 4.69) is 18.2 Å². The van der Waals surface area contributed by atoms with Crippen molar-refractivity contribution in [3.05, 3.63) is 23.8 Å². The van der Waals surface area contributed by atoms with E-state index in [4.69, 9.17) is 5.73 Å². The first-order chi connectivity index (χ1) is 6.79. The quantitative estimate of drug-likeness (QED) is 0.680. The van der Waals surface area contributed by atoms with Crippen LogP contribution in [-0.4, -0.2) is 5.54 Å². The monoisotopic (exact) mass is 191 g/mol. The average molecular weight is 191 g/mol. The van der Waals surface area contributed by atoms with Crippen LogP contribution < -0.4 is 5.73 Å². The molecule has 0 heterocycles. The highest BCUT2D eigenvalue weighted by Gasteiger charge is 2.25. The fourth-order valence-corrected chi connectivity index (χ4v) is 2.46.